The van der Waals surface area contributed by atoms with Gasteiger partial charge >= 0.3 is 6.18 Å². The van der Waals surface area contributed by atoms with Crippen LogP contribution in [0.2, 0.25) is 0 Å². The van der Waals surface area contributed by atoms with Crippen LogP contribution in [0.15, 0.2) is 48.7 Å². The number of alkyl halides is 3. The number of hydrogen-bond donors (Lipinski definition) is 0. The first kappa shape index (κ1) is 27.5. The van der Waals surface area contributed by atoms with E-state index in [0.717, 1.165) is 12.3 Å². The van der Waals surface area contributed by atoms with Crippen molar-refractivity contribution >= 4 is 11.6 Å². The Balaban J connectivity index is 1.47. The number of carbonyl (C=O) groups excluding carboxylic acids is 1. The van der Waals surface area contributed by atoms with Gasteiger partial charge < -0.3 is 9.64 Å². The summed E-state index contributed by atoms with van der Waals surface area (Å²) in [4.78, 5) is 21.6. The average molecular weight is 560 g/mol. The molecule has 0 aliphatic carbocycles. The van der Waals surface area contributed by atoms with Gasteiger partial charge in [-0.3, -0.25) is 9.69 Å². The molecule has 1 aliphatic rings. The summed E-state index contributed by atoms with van der Waals surface area (Å²) < 4.78 is 76.3. The summed E-state index contributed by atoms with van der Waals surface area (Å²) in [5.41, 5.74) is -0.692. The lowest BCUT2D eigenvalue weighted by Gasteiger charge is -2.39. The molecule has 0 saturated carbocycles. The Bertz CT molecular complexity index is 1570. The largest absolute Gasteiger partial charge is 0.497 e. The van der Waals surface area contributed by atoms with Crippen molar-refractivity contribution < 1.29 is 31.5 Å². The Kier molecular flexibility index (Phi) is 7.21. The summed E-state index contributed by atoms with van der Waals surface area (Å²) in [7, 11) is 1.48. The second kappa shape index (κ2) is 10.5. The van der Waals surface area contributed by atoms with Crippen LogP contribution in [0.1, 0.15) is 34.1 Å². The molecule has 4 aromatic rings. The van der Waals surface area contributed by atoms with E-state index < -0.39 is 29.4 Å². The third-order valence-electron chi connectivity index (χ3n) is 7.14. The quantitative estimate of drug-likeness (QED) is 0.309. The van der Waals surface area contributed by atoms with E-state index in [1.165, 1.54) is 31.1 Å². The number of halogens is 5. The van der Waals surface area contributed by atoms with Crippen molar-refractivity contribution in [1.29, 1.82) is 0 Å². The van der Waals surface area contributed by atoms with E-state index in [4.69, 9.17) is 4.74 Å². The SMILES string of the molecule is COc1ccc(-c2nc3c(C(=O)N4CCN(Cc5cccc(F)c5F)C[C@H]4C)cnn3c(C(F)(F)F)c2C)cc1. The van der Waals surface area contributed by atoms with E-state index in [-0.39, 0.29) is 47.2 Å². The molecule has 2 aromatic heterocycles. The molecular weight excluding hydrogens is 533 g/mol. The van der Waals surface area contributed by atoms with E-state index in [1.54, 1.807) is 31.2 Å². The molecule has 40 heavy (non-hydrogen) atoms. The highest BCUT2D eigenvalue weighted by atomic mass is 19.4. The van der Waals surface area contributed by atoms with Gasteiger partial charge in [0, 0.05) is 48.9 Å². The first-order valence-electron chi connectivity index (χ1n) is 12.6. The standard InChI is InChI=1S/C28H26F5N5O2/c1-16-14-36(15-19-5-4-6-22(29)23(19)30)11-12-37(16)27(39)21-13-34-38-25(28(31,32)33)17(2)24(35-26(21)38)18-7-9-20(40-3)10-8-18/h4-10,13,16H,11-12,14-15H2,1-3H3/t16-/m1/s1. The number of rotatable bonds is 5. The molecule has 0 bridgehead atoms. The smallest absolute Gasteiger partial charge is 0.433 e. The predicted molar refractivity (Wildman–Crippen MR) is 137 cm³/mol. The van der Waals surface area contributed by atoms with Gasteiger partial charge in [0.2, 0.25) is 0 Å². The Hall–Kier alpha value is -4.06. The minimum Gasteiger partial charge on any atom is -0.497 e. The van der Waals surface area contributed by atoms with Gasteiger partial charge in [0.05, 0.1) is 19.0 Å². The van der Waals surface area contributed by atoms with Gasteiger partial charge in [-0.2, -0.15) is 18.3 Å². The molecule has 0 radical (unpaired) electrons. The molecule has 0 N–H and O–H groups in total. The van der Waals surface area contributed by atoms with Gasteiger partial charge in [0.15, 0.2) is 23.0 Å². The number of piperazine rings is 1. The van der Waals surface area contributed by atoms with Crippen molar-refractivity contribution in [3.8, 4) is 17.0 Å². The molecule has 2 aromatic carbocycles. The summed E-state index contributed by atoms with van der Waals surface area (Å²) in [6.45, 7) is 4.23. The zero-order valence-electron chi connectivity index (χ0n) is 22.0. The number of methoxy groups -OCH3 is 1. The lowest BCUT2D eigenvalue weighted by atomic mass is 10.0. The van der Waals surface area contributed by atoms with Crippen LogP contribution in [0.25, 0.3) is 16.9 Å². The Morgan fingerprint density at radius 2 is 1.82 bits per heavy atom. The Morgan fingerprint density at radius 1 is 1.10 bits per heavy atom. The van der Waals surface area contributed by atoms with Crippen molar-refractivity contribution in [1.82, 2.24) is 24.4 Å². The summed E-state index contributed by atoms with van der Waals surface area (Å²) >= 11 is 0. The van der Waals surface area contributed by atoms with Gasteiger partial charge in [-0.25, -0.2) is 18.3 Å². The lowest BCUT2D eigenvalue weighted by Crippen LogP contribution is -2.53. The number of carbonyl (C=O) groups is 1. The first-order valence-corrected chi connectivity index (χ1v) is 12.6. The molecular formula is C28H26F5N5O2. The number of hydrogen-bond acceptors (Lipinski definition) is 5. The second-order valence-electron chi connectivity index (χ2n) is 9.75. The van der Waals surface area contributed by atoms with Crippen molar-refractivity contribution in [2.24, 2.45) is 0 Å². The van der Waals surface area contributed by atoms with E-state index in [9.17, 15) is 26.7 Å². The summed E-state index contributed by atoms with van der Waals surface area (Å²) in [6, 6.07) is 10.1. The highest BCUT2D eigenvalue weighted by Crippen LogP contribution is 2.37. The maximum atomic E-state index is 14.2. The Morgan fingerprint density at radius 3 is 2.48 bits per heavy atom. The maximum Gasteiger partial charge on any atom is 0.433 e. The van der Waals surface area contributed by atoms with Crippen LogP contribution in [0.4, 0.5) is 22.0 Å². The fourth-order valence-electron chi connectivity index (χ4n) is 5.13. The molecule has 5 rings (SSSR count). The van der Waals surface area contributed by atoms with Crippen LogP contribution in [0, 0.1) is 18.6 Å². The predicted octanol–water partition coefficient (Wildman–Crippen LogP) is 5.36. The molecule has 0 unspecified atom stereocenters. The highest BCUT2D eigenvalue weighted by molar-refractivity contribution is 6.00. The molecule has 1 fully saturated rings. The fourth-order valence-corrected chi connectivity index (χ4v) is 5.13. The number of ether oxygens (including phenoxy) is 1. The zero-order valence-corrected chi connectivity index (χ0v) is 22.0. The van der Waals surface area contributed by atoms with Gasteiger partial charge in [0.25, 0.3) is 5.91 Å². The number of fused-ring (bicyclic) bond motifs is 1. The van der Waals surface area contributed by atoms with Gasteiger partial charge in [-0.05, 0) is 44.2 Å². The summed E-state index contributed by atoms with van der Waals surface area (Å²) in [6.07, 6.45) is -3.65. The maximum absolute atomic E-state index is 14.2. The van der Waals surface area contributed by atoms with Crippen LogP contribution in [-0.4, -0.2) is 63.1 Å². The molecule has 7 nitrogen and oxygen atoms in total. The number of nitrogens with zero attached hydrogens (tertiary/aromatic N) is 5. The van der Waals surface area contributed by atoms with Crippen LogP contribution < -0.4 is 4.74 Å². The summed E-state index contributed by atoms with van der Waals surface area (Å²) in [5, 5.41) is 3.92. The first-order chi connectivity index (χ1) is 19.0. The second-order valence-corrected chi connectivity index (χ2v) is 9.75. The zero-order chi connectivity index (χ0) is 28.8. The van der Waals surface area contributed by atoms with Gasteiger partial charge in [0.1, 0.15) is 11.3 Å². The van der Waals surface area contributed by atoms with Gasteiger partial charge in [-0.15, -0.1) is 0 Å². The average Bonchev–Trinajstić information content (AvgIpc) is 3.33. The minimum atomic E-state index is -4.76. The molecule has 1 saturated heterocycles. The molecule has 3 heterocycles. The van der Waals surface area contributed by atoms with Crippen molar-refractivity contribution in [2.75, 3.05) is 26.7 Å². The molecule has 0 spiro atoms. The summed E-state index contributed by atoms with van der Waals surface area (Å²) in [5.74, 6) is -1.81. The third-order valence-corrected chi connectivity index (χ3v) is 7.14. The number of amides is 1. The molecule has 1 amide bonds. The number of aromatic nitrogens is 3. The number of benzene rings is 2. The molecule has 12 heteroatoms. The molecule has 1 atom stereocenters. The van der Waals surface area contributed by atoms with E-state index in [1.807, 2.05) is 4.90 Å². The fraction of sp³-hybridized carbons (Fsp3) is 0.321. The monoisotopic (exact) mass is 559 g/mol. The van der Waals surface area contributed by atoms with Crippen LogP contribution in [-0.2, 0) is 12.7 Å². The van der Waals surface area contributed by atoms with Crippen LogP contribution in [0.3, 0.4) is 0 Å². The topological polar surface area (TPSA) is 63.0 Å². The molecule has 1 aliphatic heterocycles. The van der Waals surface area contributed by atoms with Gasteiger partial charge in [-0.1, -0.05) is 12.1 Å². The van der Waals surface area contributed by atoms with Crippen molar-refractivity contribution in [2.45, 2.75) is 32.6 Å². The highest BCUT2D eigenvalue weighted by Gasteiger charge is 2.39. The van der Waals surface area contributed by atoms with Crippen LogP contribution >= 0.6 is 0 Å². The van der Waals surface area contributed by atoms with E-state index in [0.29, 0.717) is 28.9 Å². The normalized spacial score (nSPS) is 16.5. The van der Waals surface area contributed by atoms with E-state index >= 15 is 0 Å². The van der Waals surface area contributed by atoms with Crippen molar-refractivity contribution in [3.05, 3.63) is 82.7 Å². The Labute approximate surface area is 226 Å². The third kappa shape index (κ3) is 4.99. The van der Waals surface area contributed by atoms with Crippen LogP contribution in [0.5, 0.6) is 5.75 Å². The molecule has 210 valence electrons. The lowest BCUT2D eigenvalue weighted by molar-refractivity contribution is -0.143. The van der Waals surface area contributed by atoms with Crippen molar-refractivity contribution in [3.63, 3.8) is 0 Å². The minimum absolute atomic E-state index is 0.0586. The van der Waals surface area contributed by atoms with E-state index in [2.05, 4.69) is 10.1 Å².